The number of aromatic nitrogens is 5. The van der Waals surface area contributed by atoms with Crippen molar-refractivity contribution in [2.75, 3.05) is 0 Å². The van der Waals surface area contributed by atoms with Crippen molar-refractivity contribution < 1.29 is 0 Å². The van der Waals surface area contributed by atoms with Crippen molar-refractivity contribution in [3.63, 3.8) is 0 Å². The Morgan fingerprint density at radius 3 is 2.77 bits per heavy atom. The summed E-state index contributed by atoms with van der Waals surface area (Å²) in [4.78, 5) is 5.60. The van der Waals surface area contributed by atoms with Crippen LogP contribution < -0.4 is 5.46 Å². The molecular formula is C7H8BN5. The van der Waals surface area contributed by atoms with E-state index in [4.69, 9.17) is 0 Å². The zero-order valence-electron chi connectivity index (χ0n) is 7.47. The largest absolute Gasteiger partial charge is 0.253 e. The summed E-state index contributed by atoms with van der Waals surface area (Å²) in [6.07, 6.45) is 1.78. The third-order valence-corrected chi connectivity index (χ3v) is 1.65. The van der Waals surface area contributed by atoms with Crippen LogP contribution in [0.3, 0.4) is 0 Å². The highest BCUT2D eigenvalue weighted by molar-refractivity contribution is 6.32. The summed E-state index contributed by atoms with van der Waals surface area (Å²) in [6, 6.07) is 3.85. The molecule has 0 fully saturated rings. The van der Waals surface area contributed by atoms with E-state index in [9.17, 15) is 0 Å². The minimum Gasteiger partial charge on any atom is -0.253 e. The van der Waals surface area contributed by atoms with Gasteiger partial charge in [0.05, 0.1) is 7.05 Å². The maximum Gasteiger partial charge on any atom is 0.223 e. The molecule has 13 heavy (non-hydrogen) atoms. The van der Waals surface area contributed by atoms with Crippen LogP contribution in [-0.2, 0) is 7.05 Å². The molecule has 0 unspecified atom stereocenters. The van der Waals surface area contributed by atoms with Gasteiger partial charge < -0.3 is 0 Å². The first kappa shape index (κ1) is 7.91. The predicted octanol–water partition coefficient (Wildman–Crippen LogP) is -1.47. The highest BCUT2D eigenvalue weighted by Gasteiger charge is 2.03. The van der Waals surface area contributed by atoms with Crippen molar-refractivity contribution in [1.29, 1.82) is 0 Å². The third-order valence-electron chi connectivity index (χ3n) is 1.65. The molecular weight excluding hydrogens is 165 g/mol. The normalized spacial score (nSPS) is 10.2. The first-order valence-corrected chi connectivity index (χ1v) is 3.93. The molecule has 2 aromatic heterocycles. The Balaban J connectivity index is 2.41. The Hall–Kier alpha value is -1.72. The lowest BCUT2D eigenvalue weighted by atomic mass is 9.99. The summed E-state index contributed by atoms with van der Waals surface area (Å²) in [6.45, 7) is 0. The van der Waals surface area contributed by atoms with Gasteiger partial charge in [0.2, 0.25) is 5.82 Å². The summed E-state index contributed by atoms with van der Waals surface area (Å²) in [5.41, 5.74) is 1.87. The van der Waals surface area contributed by atoms with Gasteiger partial charge >= 0.3 is 0 Å². The Morgan fingerprint density at radius 1 is 1.38 bits per heavy atom. The molecule has 2 aromatic rings. The van der Waals surface area contributed by atoms with Crippen molar-refractivity contribution in [2.45, 2.75) is 0 Å². The van der Waals surface area contributed by atoms with Crippen LogP contribution in [0.25, 0.3) is 11.5 Å². The summed E-state index contributed by atoms with van der Waals surface area (Å²) in [7, 11) is 3.71. The molecule has 0 bridgehead atoms. The minimum atomic E-state index is 0.558. The Morgan fingerprint density at radius 2 is 2.23 bits per heavy atom. The zero-order valence-corrected chi connectivity index (χ0v) is 7.47. The second kappa shape index (κ2) is 2.97. The first-order chi connectivity index (χ1) is 6.25. The molecule has 64 valence electrons. The smallest absolute Gasteiger partial charge is 0.223 e. The van der Waals surface area contributed by atoms with E-state index in [1.807, 2.05) is 20.0 Å². The molecule has 0 saturated heterocycles. The van der Waals surface area contributed by atoms with E-state index in [0.717, 1.165) is 11.2 Å². The number of rotatable bonds is 1. The van der Waals surface area contributed by atoms with Crippen LogP contribution in [0.1, 0.15) is 0 Å². The zero-order chi connectivity index (χ0) is 9.26. The van der Waals surface area contributed by atoms with Gasteiger partial charge in [0.15, 0.2) is 0 Å². The van der Waals surface area contributed by atoms with Crippen molar-refractivity contribution in [3.05, 3.63) is 18.3 Å². The number of nitrogens with zero attached hydrogens (tertiary/aromatic N) is 5. The molecule has 2 heterocycles. The summed E-state index contributed by atoms with van der Waals surface area (Å²) >= 11 is 0. The average Bonchev–Trinajstić information content (AvgIpc) is 2.53. The first-order valence-electron chi connectivity index (χ1n) is 3.93. The Kier molecular flexibility index (Phi) is 1.81. The van der Waals surface area contributed by atoms with E-state index in [-0.39, 0.29) is 0 Å². The number of hydrogen-bond acceptors (Lipinski definition) is 4. The van der Waals surface area contributed by atoms with Gasteiger partial charge in [-0.15, -0.1) is 10.2 Å². The van der Waals surface area contributed by atoms with Gasteiger partial charge in [-0.05, 0) is 11.3 Å². The summed E-state index contributed by atoms with van der Waals surface area (Å²) in [5.74, 6) is 0.558. The number of tetrazole rings is 1. The topological polar surface area (TPSA) is 56.5 Å². The molecule has 0 aromatic carbocycles. The second-order valence-corrected chi connectivity index (χ2v) is 2.82. The molecule has 2 rings (SSSR count). The van der Waals surface area contributed by atoms with Gasteiger partial charge in [-0.1, -0.05) is 11.5 Å². The van der Waals surface area contributed by atoms with Crippen LogP contribution in [0.15, 0.2) is 18.3 Å². The van der Waals surface area contributed by atoms with E-state index in [2.05, 4.69) is 20.4 Å². The molecule has 0 aliphatic heterocycles. The van der Waals surface area contributed by atoms with Crippen LogP contribution in [0, 0.1) is 0 Å². The van der Waals surface area contributed by atoms with Gasteiger partial charge in [-0.3, -0.25) is 4.98 Å². The van der Waals surface area contributed by atoms with E-state index < -0.39 is 0 Å². The minimum absolute atomic E-state index is 0.558. The lowest BCUT2D eigenvalue weighted by Crippen LogP contribution is -2.02. The molecule has 5 nitrogen and oxygen atoms in total. The van der Waals surface area contributed by atoms with Crippen molar-refractivity contribution in [1.82, 2.24) is 25.2 Å². The lowest BCUT2D eigenvalue weighted by Gasteiger charge is -1.93. The SMILES string of the molecule is Bc1ccc(-c2nnn(C)n2)nc1. The molecule has 0 atom stereocenters. The van der Waals surface area contributed by atoms with E-state index in [1.54, 1.807) is 13.2 Å². The standard InChI is InChI=1S/C7H8BN5/c1-13-11-7(10-12-13)6-3-2-5(8)4-9-6/h2-4H,8H2,1H3. The quantitative estimate of drug-likeness (QED) is 0.494. The number of hydrogen-bond donors (Lipinski definition) is 0. The molecule has 6 heteroatoms. The molecule has 0 radical (unpaired) electrons. The van der Waals surface area contributed by atoms with Crippen molar-refractivity contribution >= 4 is 13.3 Å². The highest BCUT2D eigenvalue weighted by Crippen LogP contribution is 2.06. The van der Waals surface area contributed by atoms with E-state index >= 15 is 0 Å². The molecule has 0 aliphatic carbocycles. The second-order valence-electron chi connectivity index (χ2n) is 2.82. The summed E-state index contributed by atoms with van der Waals surface area (Å²) in [5, 5.41) is 11.6. The highest BCUT2D eigenvalue weighted by atomic mass is 15.6. The molecule has 0 spiro atoms. The van der Waals surface area contributed by atoms with Gasteiger partial charge in [-0.25, -0.2) is 0 Å². The van der Waals surface area contributed by atoms with E-state index in [1.165, 1.54) is 4.80 Å². The van der Waals surface area contributed by atoms with Crippen LogP contribution in [0.5, 0.6) is 0 Å². The lowest BCUT2D eigenvalue weighted by molar-refractivity contribution is 0.630. The molecule has 0 N–H and O–H groups in total. The fraction of sp³-hybridized carbons (Fsp3) is 0.143. The van der Waals surface area contributed by atoms with Crippen LogP contribution >= 0.6 is 0 Å². The number of aryl methyl sites for hydroxylation is 1. The summed E-state index contributed by atoms with van der Waals surface area (Å²) < 4.78 is 0. The van der Waals surface area contributed by atoms with Crippen molar-refractivity contribution in [2.24, 2.45) is 7.05 Å². The fourth-order valence-electron chi connectivity index (χ4n) is 0.987. The Labute approximate surface area is 76.2 Å². The maximum atomic E-state index is 4.18. The molecule has 0 aliphatic rings. The maximum absolute atomic E-state index is 4.18. The van der Waals surface area contributed by atoms with E-state index in [0.29, 0.717) is 5.82 Å². The van der Waals surface area contributed by atoms with Crippen LogP contribution in [0.2, 0.25) is 0 Å². The number of pyridine rings is 1. The van der Waals surface area contributed by atoms with Gasteiger partial charge in [0.1, 0.15) is 13.5 Å². The molecule has 0 saturated carbocycles. The van der Waals surface area contributed by atoms with Crippen molar-refractivity contribution in [3.8, 4) is 11.5 Å². The third kappa shape index (κ3) is 1.56. The predicted molar refractivity (Wildman–Crippen MR) is 50.2 cm³/mol. The van der Waals surface area contributed by atoms with Gasteiger partial charge in [-0.2, -0.15) is 4.80 Å². The fourth-order valence-corrected chi connectivity index (χ4v) is 0.987. The van der Waals surface area contributed by atoms with Crippen LogP contribution in [-0.4, -0.2) is 33.0 Å². The van der Waals surface area contributed by atoms with Gasteiger partial charge in [0.25, 0.3) is 0 Å². The monoisotopic (exact) mass is 173 g/mol. The van der Waals surface area contributed by atoms with Gasteiger partial charge in [0, 0.05) is 6.20 Å². The Bertz CT molecular complexity index is 407. The average molecular weight is 173 g/mol. The van der Waals surface area contributed by atoms with Crippen LogP contribution in [0.4, 0.5) is 0 Å². The molecule has 0 amide bonds.